The van der Waals surface area contributed by atoms with Gasteiger partial charge in [0.05, 0.1) is 5.60 Å². The molecule has 0 radical (unpaired) electrons. The summed E-state index contributed by atoms with van der Waals surface area (Å²) in [5.41, 5.74) is 0.561. The molecule has 102 valence electrons. The zero-order valence-electron chi connectivity index (χ0n) is 11.1. The quantitative estimate of drug-likeness (QED) is 0.784. The number of para-hydroxylation sites is 1. The third kappa shape index (κ3) is 3.52. The van der Waals surface area contributed by atoms with Gasteiger partial charge in [-0.05, 0) is 25.3 Å². The predicted octanol–water partition coefficient (Wildman–Crippen LogP) is 2.01. The smallest absolute Gasteiger partial charge is 0.267 e. The Bertz CT molecular complexity index is 545. The third-order valence-corrected chi connectivity index (χ3v) is 3.77. The number of carbonyl (C=O) groups is 1. The van der Waals surface area contributed by atoms with Crippen LogP contribution >= 0.6 is 11.8 Å². The van der Waals surface area contributed by atoms with Gasteiger partial charge in [0.2, 0.25) is 0 Å². The van der Waals surface area contributed by atoms with E-state index in [2.05, 4.69) is 10.3 Å². The molecule has 2 aromatic rings. The minimum absolute atomic E-state index is 0.197. The predicted molar refractivity (Wildman–Crippen MR) is 79.6 cm³/mol. The number of benzene rings is 1. The Morgan fingerprint density at radius 1 is 1.47 bits per heavy atom. The standard InChI is InChI=1S/C14H18N2O2S/c1-14(18,9-19-2)8-15-13(17)12-7-10-5-3-4-6-11(10)16-12/h3-7,16,18H,8-9H2,1-2H3,(H,15,17)/t14-/m0/s1. The fraction of sp³-hybridized carbons (Fsp3) is 0.357. The van der Waals surface area contributed by atoms with Gasteiger partial charge in [-0.2, -0.15) is 11.8 Å². The molecule has 0 spiro atoms. The van der Waals surface area contributed by atoms with Crippen molar-refractivity contribution in [3.63, 3.8) is 0 Å². The van der Waals surface area contributed by atoms with Crippen molar-refractivity contribution in [2.24, 2.45) is 0 Å². The second kappa shape index (κ2) is 5.67. The fourth-order valence-corrected chi connectivity index (χ4v) is 2.65. The Balaban J connectivity index is 2.04. The molecular weight excluding hydrogens is 260 g/mol. The SMILES string of the molecule is CSC[C@@](C)(O)CNC(=O)c1cc2ccccc2[nH]1. The topological polar surface area (TPSA) is 65.1 Å². The second-order valence-corrected chi connectivity index (χ2v) is 5.75. The molecule has 2 rings (SSSR count). The van der Waals surface area contributed by atoms with Crippen LogP contribution in [0.2, 0.25) is 0 Å². The van der Waals surface area contributed by atoms with E-state index in [0.29, 0.717) is 11.4 Å². The number of aromatic amines is 1. The van der Waals surface area contributed by atoms with Crippen molar-refractivity contribution in [2.45, 2.75) is 12.5 Å². The lowest BCUT2D eigenvalue weighted by atomic mass is 10.1. The number of carbonyl (C=O) groups excluding carboxylic acids is 1. The summed E-state index contributed by atoms with van der Waals surface area (Å²) in [6, 6.07) is 9.54. The molecule has 1 aromatic heterocycles. The molecule has 1 aromatic carbocycles. The Kier molecular flexibility index (Phi) is 4.17. The molecular formula is C14H18N2O2S. The second-order valence-electron chi connectivity index (χ2n) is 4.88. The molecule has 1 atom stereocenters. The van der Waals surface area contributed by atoms with Gasteiger partial charge in [-0.25, -0.2) is 0 Å². The number of amides is 1. The molecule has 0 bridgehead atoms. The lowest BCUT2D eigenvalue weighted by Crippen LogP contribution is -2.42. The summed E-state index contributed by atoms with van der Waals surface area (Å²) >= 11 is 1.55. The van der Waals surface area contributed by atoms with Gasteiger partial charge in [0.1, 0.15) is 5.69 Å². The third-order valence-electron chi connectivity index (χ3n) is 2.86. The van der Waals surface area contributed by atoms with Crippen LogP contribution in [0.3, 0.4) is 0 Å². The highest BCUT2D eigenvalue weighted by atomic mass is 32.2. The molecule has 19 heavy (non-hydrogen) atoms. The number of aromatic nitrogens is 1. The summed E-state index contributed by atoms with van der Waals surface area (Å²) in [6.07, 6.45) is 1.92. The van der Waals surface area contributed by atoms with Crippen LogP contribution in [-0.2, 0) is 0 Å². The average Bonchev–Trinajstić information content (AvgIpc) is 2.79. The van der Waals surface area contributed by atoms with Crippen LogP contribution < -0.4 is 5.32 Å². The van der Waals surface area contributed by atoms with Crippen molar-refractivity contribution in [3.05, 3.63) is 36.0 Å². The van der Waals surface area contributed by atoms with Gasteiger partial charge in [0.25, 0.3) is 5.91 Å². The minimum Gasteiger partial charge on any atom is -0.387 e. The Morgan fingerprint density at radius 2 is 2.21 bits per heavy atom. The molecule has 0 unspecified atom stereocenters. The highest BCUT2D eigenvalue weighted by Crippen LogP contribution is 2.15. The van der Waals surface area contributed by atoms with Gasteiger partial charge in [-0.3, -0.25) is 4.79 Å². The van der Waals surface area contributed by atoms with E-state index >= 15 is 0 Å². The van der Waals surface area contributed by atoms with Gasteiger partial charge >= 0.3 is 0 Å². The van der Waals surface area contributed by atoms with E-state index in [1.807, 2.05) is 36.6 Å². The first-order chi connectivity index (χ1) is 9.02. The Labute approximate surface area is 116 Å². The van der Waals surface area contributed by atoms with Crippen LogP contribution in [0.5, 0.6) is 0 Å². The average molecular weight is 278 g/mol. The van der Waals surface area contributed by atoms with Crippen LogP contribution in [0, 0.1) is 0 Å². The number of H-pyrrole nitrogens is 1. The molecule has 5 heteroatoms. The minimum atomic E-state index is -0.888. The first kappa shape index (κ1) is 14.0. The number of fused-ring (bicyclic) bond motifs is 1. The van der Waals surface area contributed by atoms with Crippen LogP contribution in [0.1, 0.15) is 17.4 Å². The van der Waals surface area contributed by atoms with Crippen LogP contribution in [0.25, 0.3) is 10.9 Å². The summed E-state index contributed by atoms with van der Waals surface area (Å²) in [6.45, 7) is 1.96. The first-order valence-corrected chi connectivity index (χ1v) is 7.48. The maximum Gasteiger partial charge on any atom is 0.267 e. The first-order valence-electron chi connectivity index (χ1n) is 6.09. The van der Waals surface area contributed by atoms with Gasteiger partial charge in [0, 0.05) is 23.2 Å². The molecule has 4 nitrogen and oxygen atoms in total. The van der Waals surface area contributed by atoms with Crippen molar-refractivity contribution in [2.75, 3.05) is 18.6 Å². The van der Waals surface area contributed by atoms with Crippen LogP contribution in [0.4, 0.5) is 0 Å². The fourth-order valence-electron chi connectivity index (χ4n) is 1.92. The molecule has 0 aliphatic heterocycles. The largest absolute Gasteiger partial charge is 0.387 e. The summed E-state index contributed by atoms with van der Waals surface area (Å²) in [5, 5.41) is 13.8. The van der Waals surface area contributed by atoms with Crippen LogP contribution in [0.15, 0.2) is 30.3 Å². The van der Waals surface area contributed by atoms with Crippen molar-refractivity contribution < 1.29 is 9.90 Å². The van der Waals surface area contributed by atoms with Gasteiger partial charge < -0.3 is 15.4 Å². The van der Waals surface area contributed by atoms with Crippen molar-refractivity contribution >= 4 is 28.6 Å². The molecule has 3 N–H and O–H groups in total. The van der Waals surface area contributed by atoms with E-state index in [1.165, 1.54) is 0 Å². The number of hydrogen-bond acceptors (Lipinski definition) is 3. The number of aliphatic hydroxyl groups is 1. The van der Waals surface area contributed by atoms with E-state index < -0.39 is 5.60 Å². The lowest BCUT2D eigenvalue weighted by molar-refractivity contribution is 0.0723. The number of rotatable bonds is 5. The monoisotopic (exact) mass is 278 g/mol. The lowest BCUT2D eigenvalue weighted by Gasteiger charge is -2.22. The van der Waals surface area contributed by atoms with E-state index in [1.54, 1.807) is 18.7 Å². The normalized spacial score (nSPS) is 14.3. The summed E-state index contributed by atoms with van der Waals surface area (Å²) in [5.74, 6) is 0.387. The maximum atomic E-state index is 12.0. The number of thioether (sulfide) groups is 1. The van der Waals surface area contributed by atoms with E-state index in [9.17, 15) is 9.90 Å². The molecule has 1 heterocycles. The van der Waals surface area contributed by atoms with Gasteiger partial charge in [0.15, 0.2) is 0 Å². The maximum absolute atomic E-state index is 12.0. The van der Waals surface area contributed by atoms with Crippen molar-refractivity contribution in [1.82, 2.24) is 10.3 Å². The van der Waals surface area contributed by atoms with E-state index in [-0.39, 0.29) is 12.5 Å². The highest BCUT2D eigenvalue weighted by Gasteiger charge is 2.21. The molecule has 0 aliphatic rings. The Hall–Kier alpha value is -1.46. The number of hydrogen-bond donors (Lipinski definition) is 3. The highest BCUT2D eigenvalue weighted by molar-refractivity contribution is 7.98. The van der Waals surface area contributed by atoms with Gasteiger partial charge in [-0.1, -0.05) is 18.2 Å². The van der Waals surface area contributed by atoms with Crippen molar-refractivity contribution in [1.29, 1.82) is 0 Å². The van der Waals surface area contributed by atoms with E-state index in [4.69, 9.17) is 0 Å². The molecule has 0 saturated carbocycles. The Morgan fingerprint density at radius 3 is 2.89 bits per heavy atom. The zero-order valence-corrected chi connectivity index (χ0v) is 11.9. The van der Waals surface area contributed by atoms with E-state index in [0.717, 1.165) is 10.9 Å². The van der Waals surface area contributed by atoms with Crippen LogP contribution in [-0.4, -0.2) is 40.2 Å². The zero-order chi connectivity index (χ0) is 13.9. The number of nitrogens with one attached hydrogen (secondary N) is 2. The van der Waals surface area contributed by atoms with Gasteiger partial charge in [-0.15, -0.1) is 0 Å². The van der Waals surface area contributed by atoms with Crippen molar-refractivity contribution in [3.8, 4) is 0 Å². The molecule has 0 saturated heterocycles. The summed E-state index contributed by atoms with van der Waals surface area (Å²) < 4.78 is 0. The summed E-state index contributed by atoms with van der Waals surface area (Å²) in [7, 11) is 0. The molecule has 0 aliphatic carbocycles. The summed E-state index contributed by atoms with van der Waals surface area (Å²) in [4.78, 5) is 15.1. The molecule has 0 fully saturated rings. The molecule has 1 amide bonds.